The smallest absolute Gasteiger partial charge is 0.245 e. The molecule has 3 amide bonds. The standard InChI is InChI=1S/C31H46F2N4O3.ClH/c1-20-17-35(30(40)28(34-21(2)38)15-22-9-7-6-8-10-22)13-14-37(20)29(39)26-19-36(31(3,4)5)18-25(26)24-12-11-23(32)16-27(24)33;/h11-12,16,20,22,25-26,28H,6-10,13-15,17-19H2,1-5H3,(H,34,38);1H/t20-,25-,26+,28-;/m0./s1. The Hall–Kier alpha value is -2.26. The van der Waals surface area contributed by atoms with Crippen molar-refractivity contribution in [3.05, 3.63) is 35.4 Å². The summed E-state index contributed by atoms with van der Waals surface area (Å²) in [5.41, 5.74) is 0.159. The molecule has 1 N–H and O–H groups in total. The number of carbonyl (C=O) groups excluding carboxylic acids is 3. The molecular weight excluding hydrogens is 550 g/mol. The highest BCUT2D eigenvalue weighted by Gasteiger charge is 2.46. The first kappa shape index (κ1) is 33.2. The fourth-order valence-corrected chi connectivity index (χ4v) is 6.86. The Kier molecular flexibility index (Phi) is 11.2. The van der Waals surface area contributed by atoms with Gasteiger partial charge in [-0.2, -0.15) is 0 Å². The Morgan fingerprint density at radius 3 is 2.29 bits per heavy atom. The quantitative estimate of drug-likeness (QED) is 0.515. The van der Waals surface area contributed by atoms with Gasteiger partial charge in [-0.3, -0.25) is 19.3 Å². The minimum atomic E-state index is -0.634. The van der Waals surface area contributed by atoms with Crippen LogP contribution >= 0.6 is 12.4 Å². The fourth-order valence-electron chi connectivity index (χ4n) is 6.86. The normalized spacial score (nSPS) is 25.0. The molecule has 7 nitrogen and oxygen atoms in total. The van der Waals surface area contributed by atoms with Crippen LogP contribution < -0.4 is 5.32 Å². The van der Waals surface area contributed by atoms with Crippen LogP contribution in [-0.2, 0) is 14.4 Å². The number of nitrogens with zero attached hydrogens (tertiary/aromatic N) is 3. The van der Waals surface area contributed by atoms with E-state index >= 15 is 0 Å². The van der Waals surface area contributed by atoms with E-state index in [4.69, 9.17) is 0 Å². The van der Waals surface area contributed by atoms with Gasteiger partial charge in [0.2, 0.25) is 17.7 Å². The number of benzene rings is 1. The number of hydrogen-bond donors (Lipinski definition) is 1. The van der Waals surface area contributed by atoms with Crippen molar-refractivity contribution in [3.8, 4) is 0 Å². The maximum atomic E-state index is 14.9. The predicted molar refractivity (Wildman–Crippen MR) is 158 cm³/mol. The molecule has 230 valence electrons. The van der Waals surface area contributed by atoms with Crippen molar-refractivity contribution >= 4 is 30.1 Å². The van der Waals surface area contributed by atoms with E-state index < -0.39 is 23.6 Å². The van der Waals surface area contributed by atoms with Crippen LogP contribution in [0.3, 0.4) is 0 Å². The van der Waals surface area contributed by atoms with Crippen molar-refractivity contribution in [3.63, 3.8) is 0 Å². The second kappa shape index (κ2) is 13.8. The van der Waals surface area contributed by atoms with Gasteiger partial charge in [0.25, 0.3) is 0 Å². The van der Waals surface area contributed by atoms with Crippen LogP contribution in [-0.4, -0.2) is 82.8 Å². The number of halogens is 3. The Morgan fingerprint density at radius 2 is 1.71 bits per heavy atom. The Balaban J connectivity index is 0.00000462. The lowest BCUT2D eigenvalue weighted by Gasteiger charge is -2.42. The van der Waals surface area contributed by atoms with Crippen molar-refractivity contribution in [1.29, 1.82) is 0 Å². The van der Waals surface area contributed by atoms with Gasteiger partial charge in [0.05, 0.1) is 5.92 Å². The summed E-state index contributed by atoms with van der Waals surface area (Å²) in [5.74, 6) is -2.02. The lowest BCUT2D eigenvalue weighted by atomic mass is 9.84. The molecule has 3 aliphatic rings. The van der Waals surface area contributed by atoms with E-state index in [1.54, 1.807) is 4.90 Å². The van der Waals surface area contributed by atoms with Gasteiger partial charge in [-0.1, -0.05) is 38.2 Å². The summed E-state index contributed by atoms with van der Waals surface area (Å²) in [6.45, 7) is 11.8. The fraction of sp³-hybridized carbons (Fsp3) is 0.710. The minimum Gasteiger partial charge on any atom is -0.345 e. The first-order valence-electron chi connectivity index (χ1n) is 14.9. The average molecular weight is 597 g/mol. The van der Waals surface area contributed by atoms with Gasteiger partial charge in [0.15, 0.2) is 0 Å². The summed E-state index contributed by atoms with van der Waals surface area (Å²) in [7, 11) is 0. The maximum absolute atomic E-state index is 14.9. The van der Waals surface area contributed by atoms with E-state index in [0.29, 0.717) is 50.6 Å². The molecule has 2 saturated heterocycles. The molecule has 0 unspecified atom stereocenters. The van der Waals surface area contributed by atoms with Crippen LogP contribution in [0.25, 0.3) is 0 Å². The predicted octanol–water partition coefficient (Wildman–Crippen LogP) is 4.73. The van der Waals surface area contributed by atoms with Gasteiger partial charge in [0.1, 0.15) is 17.7 Å². The van der Waals surface area contributed by atoms with Gasteiger partial charge in [0, 0.05) is 63.2 Å². The number of hydrogen-bond acceptors (Lipinski definition) is 4. The monoisotopic (exact) mass is 596 g/mol. The molecule has 3 fully saturated rings. The van der Waals surface area contributed by atoms with Crippen molar-refractivity contribution < 1.29 is 23.2 Å². The second-order valence-electron chi connectivity index (χ2n) is 13.1. The topological polar surface area (TPSA) is 73.0 Å². The molecule has 1 saturated carbocycles. The van der Waals surface area contributed by atoms with Gasteiger partial charge >= 0.3 is 0 Å². The minimum absolute atomic E-state index is 0. The molecule has 0 bridgehead atoms. The van der Waals surface area contributed by atoms with Crippen LogP contribution in [0, 0.1) is 23.5 Å². The number of carbonyl (C=O) groups is 3. The second-order valence-corrected chi connectivity index (χ2v) is 13.1. The van der Waals surface area contributed by atoms with Gasteiger partial charge < -0.3 is 15.1 Å². The highest BCUT2D eigenvalue weighted by molar-refractivity contribution is 5.87. The van der Waals surface area contributed by atoms with E-state index in [0.717, 1.165) is 18.9 Å². The molecule has 10 heteroatoms. The van der Waals surface area contributed by atoms with Crippen molar-refractivity contribution in [2.24, 2.45) is 11.8 Å². The van der Waals surface area contributed by atoms with Crippen LogP contribution in [0.1, 0.15) is 84.6 Å². The molecule has 4 rings (SSSR count). The number of amides is 3. The van der Waals surface area contributed by atoms with Crippen molar-refractivity contribution in [2.45, 2.75) is 96.7 Å². The molecule has 4 atom stereocenters. The average Bonchev–Trinajstić information content (AvgIpc) is 3.34. The summed E-state index contributed by atoms with van der Waals surface area (Å²) in [6.07, 6.45) is 6.39. The van der Waals surface area contributed by atoms with E-state index in [1.165, 1.54) is 38.3 Å². The highest BCUT2D eigenvalue weighted by Crippen LogP contribution is 2.39. The Bertz CT molecular complexity index is 1090. The molecule has 0 spiro atoms. The molecule has 1 aliphatic carbocycles. The molecule has 1 aromatic carbocycles. The lowest BCUT2D eigenvalue weighted by molar-refractivity contribution is -0.147. The molecule has 2 heterocycles. The van der Waals surface area contributed by atoms with Gasteiger partial charge in [-0.25, -0.2) is 8.78 Å². The number of piperazine rings is 1. The van der Waals surface area contributed by atoms with E-state index in [1.807, 2.05) is 11.8 Å². The maximum Gasteiger partial charge on any atom is 0.245 e. The van der Waals surface area contributed by atoms with E-state index in [-0.39, 0.29) is 47.6 Å². The third-order valence-electron chi connectivity index (χ3n) is 9.14. The van der Waals surface area contributed by atoms with Crippen LogP contribution in [0.2, 0.25) is 0 Å². The van der Waals surface area contributed by atoms with Crippen LogP contribution in [0.15, 0.2) is 18.2 Å². The van der Waals surface area contributed by atoms with Crippen LogP contribution in [0.4, 0.5) is 8.78 Å². The van der Waals surface area contributed by atoms with E-state index in [9.17, 15) is 23.2 Å². The molecule has 1 aromatic rings. The highest BCUT2D eigenvalue weighted by atomic mass is 35.5. The SMILES string of the molecule is CC(=O)N[C@@H](CC1CCCCC1)C(=O)N1CCN(C(=O)[C@@H]2CN(C(C)(C)C)C[C@H]2c2ccc(F)cc2F)[C@@H](C)C1.Cl. The number of rotatable bonds is 6. The van der Waals surface area contributed by atoms with Crippen molar-refractivity contribution in [1.82, 2.24) is 20.0 Å². The summed E-state index contributed by atoms with van der Waals surface area (Å²) >= 11 is 0. The lowest BCUT2D eigenvalue weighted by Crippen LogP contribution is -2.60. The molecule has 0 aromatic heterocycles. The number of likely N-dealkylation sites (tertiary alicyclic amines) is 1. The summed E-state index contributed by atoms with van der Waals surface area (Å²) in [6, 6.07) is 2.85. The molecule has 41 heavy (non-hydrogen) atoms. The van der Waals surface area contributed by atoms with Gasteiger partial charge in [-0.05, 0) is 51.7 Å². The first-order valence-corrected chi connectivity index (χ1v) is 14.9. The first-order chi connectivity index (χ1) is 18.8. The largest absolute Gasteiger partial charge is 0.345 e. The summed E-state index contributed by atoms with van der Waals surface area (Å²) in [5, 5.41) is 2.89. The summed E-state index contributed by atoms with van der Waals surface area (Å²) < 4.78 is 28.6. The third kappa shape index (κ3) is 7.98. The van der Waals surface area contributed by atoms with Gasteiger partial charge in [-0.15, -0.1) is 12.4 Å². The molecule has 2 aliphatic heterocycles. The summed E-state index contributed by atoms with van der Waals surface area (Å²) in [4.78, 5) is 45.3. The zero-order valence-corrected chi connectivity index (χ0v) is 25.9. The third-order valence-corrected chi connectivity index (χ3v) is 9.14. The Morgan fingerprint density at radius 1 is 1.02 bits per heavy atom. The molecular formula is C31H47ClF2N4O3. The zero-order valence-electron chi connectivity index (χ0n) is 25.1. The van der Waals surface area contributed by atoms with Crippen molar-refractivity contribution in [2.75, 3.05) is 32.7 Å². The Labute approximate surface area is 249 Å². The number of nitrogens with one attached hydrogen (secondary N) is 1. The molecule has 0 radical (unpaired) electrons. The zero-order chi connectivity index (χ0) is 29.2. The van der Waals surface area contributed by atoms with Crippen LogP contribution in [0.5, 0.6) is 0 Å². The van der Waals surface area contributed by atoms with E-state index in [2.05, 4.69) is 31.0 Å².